The molecule has 1 rings (SSSR count). The highest BCUT2D eigenvalue weighted by Gasteiger charge is 2.22. The van der Waals surface area contributed by atoms with Crippen LogP contribution < -0.4 is 0 Å². The minimum Gasteiger partial charge on any atom is -0.339 e. The third-order valence-electron chi connectivity index (χ3n) is 3.20. The minimum atomic E-state index is -0.482. The monoisotopic (exact) mass is 376 g/mol. The van der Waals surface area contributed by atoms with Gasteiger partial charge < -0.3 is 4.90 Å². The van der Waals surface area contributed by atoms with Crippen molar-refractivity contribution in [1.82, 2.24) is 4.90 Å². The first-order valence-corrected chi connectivity index (χ1v) is 7.21. The second-order valence-corrected chi connectivity index (χ2v) is 5.47. The maximum Gasteiger partial charge on any atom is 0.270 e. The fraction of sp³-hybridized carbons (Fsp3) is 0.462. The maximum absolute atomic E-state index is 12.4. The van der Waals surface area contributed by atoms with Crippen molar-refractivity contribution in [3.63, 3.8) is 0 Å². The second kappa shape index (κ2) is 6.83. The van der Waals surface area contributed by atoms with E-state index in [-0.39, 0.29) is 17.6 Å². The van der Waals surface area contributed by atoms with E-state index in [4.69, 9.17) is 0 Å². The van der Waals surface area contributed by atoms with Crippen LogP contribution in [0.5, 0.6) is 0 Å². The number of nitro benzene ring substituents is 1. The number of halogens is 1. The predicted octanol–water partition coefficient (Wildman–Crippen LogP) is 3.46. The molecule has 0 saturated heterocycles. The Hall–Kier alpha value is -1.18. The molecule has 19 heavy (non-hydrogen) atoms. The van der Waals surface area contributed by atoms with Crippen LogP contribution in [0.2, 0.25) is 0 Å². The molecular weight excluding hydrogens is 359 g/mol. The van der Waals surface area contributed by atoms with Gasteiger partial charge in [-0.25, -0.2) is 0 Å². The summed E-state index contributed by atoms with van der Waals surface area (Å²) in [7, 11) is 1.74. The normalized spacial score (nSPS) is 10.6. The van der Waals surface area contributed by atoms with Gasteiger partial charge in [-0.1, -0.05) is 13.8 Å². The van der Waals surface area contributed by atoms with Gasteiger partial charge in [0.15, 0.2) is 0 Å². The molecular formula is C13H17IN2O3. The number of nitrogens with zero attached hydrogens (tertiary/aromatic N) is 2. The molecule has 0 fully saturated rings. The topological polar surface area (TPSA) is 63.5 Å². The van der Waals surface area contributed by atoms with Crippen molar-refractivity contribution in [2.75, 3.05) is 7.05 Å². The lowest BCUT2D eigenvalue weighted by molar-refractivity contribution is -0.384. The molecule has 0 aliphatic rings. The van der Waals surface area contributed by atoms with E-state index in [0.717, 1.165) is 16.4 Å². The summed E-state index contributed by atoms with van der Waals surface area (Å²) in [4.78, 5) is 24.4. The van der Waals surface area contributed by atoms with Crippen molar-refractivity contribution >= 4 is 34.2 Å². The summed E-state index contributed by atoms with van der Waals surface area (Å²) in [5.74, 6) is -0.165. The van der Waals surface area contributed by atoms with E-state index in [2.05, 4.69) is 0 Å². The van der Waals surface area contributed by atoms with Crippen LogP contribution in [0.3, 0.4) is 0 Å². The predicted molar refractivity (Wildman–Crippen MR) is 82.3 cm³/mol. The molecule has 104 valence electrons. The van der Waals surface area contributed by atoms with E-state index in [1.165, 1.54) is 12.1 Å². The average Bonchev–Trinajstić information content (AvgIpc) is 2.39. The van der Waals surface area contributed by atoms with Gasteiger partial charge in [0.1, 0.15) is 0 Å². The Bertz CT molecular complexity index is 487. The summed E-state index contributed by atoms with van der Waals surface area (Å²) in [6.07, 6.45) is 1.73. The Morgan fingerprint density at radius 3 is 2.47 bits per heavy atom. The molecule has 1 aromatic carbocycles. The SMILES string of the molecule is CCC(CC)N(C)C(=O)c1cc([N+](=O)[O-])ccc1I. The van der Waals surface area contributed by atoms with Crippen molar-refractivity contribution in [2.45, 2.75) is 32.7 Å². The van der Waals surface area contributed by atoms with Gasteiger partial charge in [0.2, 0.25) is 0 Å². The van der Waals surface area contributed by atoms with Gasteiger partial charge in [0.05, 0.1) is 10.5 Å². The van der Waals surface area contributed by atoms with Crippen molar-refractivity contribution in [3.8, 4) is 0 Å². The molecule has 0 atom stereocenters. The minimum absolute atomic E-state index is 0.0540. The van der Waals surface area contributed by atoms with Crippen LogP contribution in [0.15, 0.2) is 18.2 Å². The first-order valence-electron chi connectivity index (χ1n) is 6.13. The quantitative estimate of drug-likeness (QED) is 0.449. The van der Waals surface area contributed by atoms with Crippen LogP contribution in [0, 0.1) is 13.7 Å². The molecule has 0 heterocycles. The largest absolute Gasteiger partial charge is 0.339 e. The zero-order chi connectivity index (χ0) is 14.6. The molecule has 0 radical (unpaired) electrons. The number of carbonyl (C=O) groups excluding carboxylic acids is 1. The standard InChI is InChI=1S/C13H17IN2O3/c1-4-9(5-2)15(3)13(17)11-8-10(16(18)19)6-7-12(11)14/h6-9H,4-5H2,1-3H3. The lowest BCUT2D eigenvalue weighted by Crippen LogP contribution is -2.36. The van der Waals surface area contributed by atoms with Crippen LogP contribution in [-0.2, 0) is 0 Å². The average molecular weight is 376 g/mol. The zero-order valence-corrected chi connectivity index (χ0v) is 13.4. The summed E-state index contributed by atoms with van der Waals surface area (Å²) in [5.41, 5.74) is 0.339. The number of hydrogen-bond donors (Lipinski definition) is 0. The zero-order valence-electron chi connectivity index (χ0n) is 11.2. The Balaban J connectivity index is 3.11. The third-order valence-corrected chi connectivity index (χ3v) is 4.14. The summed E-state index contributed by atoms with van der Waals surface area (Å²) in [6, 6.07) is 4.52. The van der Waals surface area contributed by atoms with Crippen molar-refractivity contribution in [1.29, 1.82) is 0 Å². The second-order valence-electron chi connectivity index (χ2n) is 4.31. The van der Waals surface area contributed by atoms with Crippen LogP contribution >= 0.6 is 22.6 Å². The molecule has 0 unspecified atom stereocenters. The summed E-state index contributed by atoms with van der Waals surface area (Å²) < 4.78 is 0.728. The van der Waals surface area contributed by atoms with Crippen LogP contribution in [-0.4, -0.2) is 28.8 Å². The smallest absolute Gasteiger partial charge is 0.270 e. The van der Waals surface area contributed by atoms with E-state index in [9.17, 15) is 14.9 Å². The summed E-state index contributed by atoms with van der Waals surface area (Å²) >= 11 is 2.03. The molecule has 0 aromatic heterocycles. The van der Waals surface area contributed by atoms with Gasteiger partial charge in [-0.2, -0.15) is 0 Å². The fourth-order valence-electron chi connectivity index (χ4n) is 1.98. The van der Waals surface area contributed by atoms with Gasteiger partial charge in [-0.15, -0.1) is 0 Å². The number of carbonyl (C=O) groups is 1. The van der Waals surface area contributed by atoms with Crippen molar-refractivity contribution in [3.05, 3.63) is 37.4 Å². The molecule has 0 spiro atoms. The molecule has 0 aliphatic carbocycles. The summed E-state index contributed by atoms with van der Waals surface area (Å²) in [5, 5.41) is 10.8. The number of benzene rings is 1. The Kier molecular flexibility index (Phi) is 5.71. The summed E-state index contributed by atoms with van der Waals surface area (Å²) in [6.45, 7) is 4.05. The van der Waals surface area contributed by atoms with Crippen molar-refractivity contribution in [2.24, 2.45) is 0 Å². The third kappa shape index (κ3) is 3.65. The van der Waals surface area contributed by atoms with E-state index in [0.29, 0.717) is 5.56 Å². The van der Waals surface area contributed by atoms with Gasteiger partial charge in [0, 0.05) is 28.8 Å². The van der Waals surface area contributed by atoms with Gasteiger partial charge in [-0.05, 0) is 41.5 Å². The molecule has 1 amide bonds. The maximum atomic E-state index is 12.4. The Morgan fingerprint density at radius 2 is 2.00 bits per heavy atom. The van der Waals surface area contributed by atoms with Gasteiger partial charge in [-0.3, -0.25) is 14.9 Å². The van der Waals surface area contributed by atoms with E-state index in [1.807, 2.05) is 36.4 Å². The Morgan fingerprint density at radius 1 is 1.42 bits per heavy atom. The fourth-order valence-corrected chi connectivity index (χ4v) is 2.55. The van der Waals surface area contributed by atoms with Crippen LogP contribution in [0.25, 0.3) is 0 Å². The van der Waals surface area contributed by atoms with E-state index >= 15 is 0 Å². The first kappa shape index (κ1) is 15.9. The van der Waals surface area contributed by atoms with Crippen LogP contribution in [0.4, 0.5) is 5.69 Å². The van der Waals surface area contributed by atoms with Crippen LogP contribution in [0.1, 0.15) is 37.0 Å². The van der Waals surface area contributed by atoms with E-state index < -0.39 is 4.92 Å². The molecule has 0 saturated carbocycles. The molecule has 0 N–H and O–H groups in total. The molecule has 5 nitrogen and oxygen atoms in total. The number of non-ortho nitro benzene ring substituents is 1. The highest BCUT2D eigenvalue weighted by molar-refractivity contribution is 14.1. The number of nitro groups is 1. The lowest BCUT2D eigenvalue weighted by atomic mass is 10.1. The van der Waals surface area contributed by atoms with E-state index in [1.54, 1.807) is 18.0 Å². The number of amides is 1. The lowest BCUT2D eigenvalue weighted by Gasteiger charge is -2.26. The highest BCUT2D eigenvalue weighted by atomic mass is 127. The Labute approximate surface area is 126 Å². The molecule has 0 aliphatic heterocycles. The highest BCUT2D eigenvalue weighted by Crippen LogP contribution is 2.22. The number of rotatable bonds is 5. The molecule has 1 aromatic rings. The molecule has 6 heteroatoms. The first-order chi connectivity index (χ1) is 8.92. The van der Waals surface area contributed by atoms with Gasteiger partial charge >= 0.3 is 0 Å². The number of hydrogen-bond acceptors (Lipinski definition) is 3. The van der Waals surface area contributed by atoms with Gasteiger partial charge in [0.25, 0.3) is 11.6 Å². The van der Waals surface area contributed by atoms with Crippen molar-refractivity contribution < 1.29 is 9.72 Å². The molecule has 0 bridgehead atoms.